The molecule has 0 spiro atoms. The van der Waals surface area contributed by atoms with Crippen LogP contribution in [0.3, 0.4) is 0 Å². The third-order valence-electron chi connectivity index (χ3n) is 5.07. The number of carboxylic acid groups (broad SMARTS) is 2. The van der Waals surface area contributed by atoms with Crippen LogP contribution in [-0.4, -0.2) is 48.6 Å². The van der Waals surface area contributed by atoms with Gasteiger partial charge in [0.1, 0.15) is 11.7 Å². The third kappa shape index (κ3) is 5.12. The molecule has 0 saturated carbocycles. The zero-order chi connectivity index (χ0) is 23.4. The minimum atomic E-state index is -1.29. The molecule has 0 aliphatic rings. The number of aromatic amines is 1. The number of H-pyrrole nitrogens is 1. The summed E-state index contributed by atoms with van der Waals surface area (Å²) in [7, 11) is 1.78. The molecule has 0 aliphatic carbocycles. The number of carboxylic acids is 2. The van der Waals surface area contributed by atoms with E-state index in [1.54, 1.807) is 35.9 Å². The Morgan fingerprint density at radius 1 is 1.19 bits per heavy atom. The van der Waals surface area contributed by atoms with Crippen LogP contribution in [0.1, 0.15) is 34.3 Å². The van der Waals surface area contributed by atoms with Crippen LogP contribution in [-0.2, 0) is 29.5 Å². The van der Waals surface area contributed by atoms with Crippen molar-refractivity contribution in [3.05, 3.63) is 57.5 Å². The first-order valence-corrected chi connectivity index (χ1v) is 9.83. The average Bonchev–Trinajstić information content (AvgIpc) is 3.05. The van der Waals surface area contributed by atoms with Crippen LogP contribution in [0.4, 0.5) is 5.95 Å². The predicted octanol–water partition coefficient (Wildman–Crippen LogP) is 0.677. The maximum Gasteiger partial charge on any atom is 0.326 e. The summed E-state index contributed by atoms with van der Waals surface area (Å²) in [6.45, 7) is 0. The van der Waals surface area contributed by atoms with Gasteiger partial charge in [-0.3, -0.25) is 19.4 Å². The van der Waals surface area contributed by atoms with Crippen LogP contribution in [0, 0.1) is 0 Å². The number of amides is 1. The molecular formula is C21H23N5O6. The van der Waals surface area contributed by atoms with Crippen LogP contribution >= 0.6 is 0 Å². The van der Waals surface area contributed by atoms with E-state index in [4.69, 9.17) is 10.8 Å². The van der Waals surface area contributed by atoms with Crippen molar-refractivity contribution in [1.82, 2.24) is 19.9 Å². The number of nitrogens with one attached hydrogen (secondary N) is 2. The van der Waals surface area contributed by atoms with Crippen molar-refractivity contribution in [3.63, 3.8) is 0 Å². The molecule has 0 unspecified atom stereocenters. The molecule has 0 aliphatic heterocycles. The van der Waals surface area contributed by atoms with Gasteiger partial charge in [0.2, 0.25) is 5.95 Å². The first kappa shape index (κ1) is 22.5. The fourth-order valence-electron chi connectivity index (χ4n) is 3.44. The Hall–Kier alpha value is -4.15. The lowest BCUT2D eigenvalue weighted by Crippen LogP contribution is -2.41. The summed E-state index contributed by atoms with van der Waals surface area (Å²) in [5.41, 5.74) is 7.81. The number of hydrogen-bond donors (Lipinski definition) is 5. The number of nitrogens with zero attached hydrogens (tertiary/aromatic N) is 2. The van der Waals surface area contributed by atoms with Crippen LogP contribution < -0.4 is 16.6 Å². The second-order valence-electron chi connectivity index (χ2n) is 7.41. The van der Waals surface area contributed by atoms with Crippen molar-refractivity contribution in [2.75, 3.05) is 5.73 Å². The third-order valence-corrected chi connectivity index (χ3v) is 5.07. The van der Waals surface area contributed by atoms with Gasteiger partial charge in [-0.15, -0.1) is 0 Å². The van der Waals surface area contributed by atoms with E-state index in [0.29, 0.717) is 23.9 Å². The van der Waals surface area contributed by atoms with Crippen molar-refractivity contribution in [2.24, 2.45) is 7.05 Å². The van der Waals surface area contributed by atoms with E-state index in [0.717, 1.165) is 11.1 Å². The average molecular weight is 441 g/mol. The maximum absolute atomic E-state index is 12.3. The predicted molar refractivity (Wildman–Crippen MR) is 115 cm³/mol. The van der Waals surface area contributed by atoms with Gasteiger partial charge in [0.15, 0.2) is 0 Å². The molecule has 11 heteroatoms. The van der Waals surface area contributed by atoms with Gasteiger partial charge in [0.25, 0.3) is 11.5 Å². The lowest BCUT2D eigenvalue weighted by molar-refractivity contribution is -0.140. The standard InChI is InChI=1S/C21H23N5O6/c1-26-10-13(16-17(26)24-21(22)25-19(16)30)7-4-11-2-5-12(6-3-11)18(29)23-14(20(31)32)8-9-15(27)28/h2-3,5-6,10,14H,4,7-9H2,1H3,(H,23,29)(H,27,28)(H,31,32)(H3,22,24,25,30)/t14-/m1/s1. The van der Waals surface area contributed by atoms with Crippen molar-refractivity contribution in [2.45, 2.75) is 31.7 Å². The van der Waals surface area contributed by atoms with Crippen LogP contribution in [0.2, 0.25) is 0 Å². The van der Waals surface area contributed by atoms with Crippen LogP contribution in [0.25, 0.3) is 11.0 Å². The van der Waals surface area contributed by atoms with E-state index < -0.39 is 23.9 Å². The molecule has 0 saturated heterocycles. The second-order valence-corrected chi connectivity index (χ2v) is 7.41. The van der Waals surface area contributed by atoms with E-state index in [1.807, 2.05) is 6.20 Å². The SMILES string of the molecule is Cn1cc(CCc2ccc(C(=O)N[C@H](CCC(=O)O)C(=O)O)cc2)c2c(=O)[nH]c(N)nc21. The number of aliphatic carboxylic acids is 2. The molecule has 11 nitrogen and oxygen atoms in total. The second kappa shape index (κ2) is 9.33. The van der Waals surface area contributed by atoms with Crippen LogP contribution in [0.5, 0.6) is 0 Å². The molecule has 2 aromatic heterocycles. The van der Waals surface area contributed by atoms with Crippen LogP contribution in [0.15, 0.2) is 35.3 Å². The number of carbonyl (C=O) groups excluding carboxylic acids is 1. The Morgan fingerprint density at radius 3 is 2.50 bits per heavy atom. The number of nitrogen functional groups attached to an aromatic ring is 1. The minimum absolute atomic E-state index is 0.0530. The quantitative estimate of drug-likeness (QED) is 0.321. The molecule has 2 heterocycles. The van der Waals surface area contributed by atoms with Gasteiger partial charge in [-0.2, -0.15) is 4.98 Å². The van der Waals surface area contributed by atoms with Crippen molar-refractivity contribution < 1.29 is 24.6 Å². The minimum Gasteiger partial charge on any atom is -0.481 e. The van der Waals surface area contributed by atoms with E-state index in [-0.39, 0.29) is 29.9 Å². The molecular weight excluding hydrogens is 418 g/mol. The first-order chi connectivity index (χ1) is 15.2. The van der Waals surface area contributed by atoms with E-state index >= 15 is 0 Å². The summed E-state index contributed by atoms with van der Waals surface area (Å²) in [4.78, 5) is 53.2. The molecule has 32 heavy (non-hydrogen) atoms. The highest BCUT2D eigenvalue weighted by molar-refractivity contribution is 5.96. The lowest BCUT2D eigenvalue weighted by Gasteiger charge is -2.13. The monoisotopic (exact) mass is 441 g/mol. The normalized spacial score (nSPS) is 11.9. The van der Waals surface area contributed by atoms with E-state index in [2.05, 4.69) is 15.3 Å². The van der Waals surface area contributed by atoms with Crippen molar-refractivity contribution >= 4 is 34.8 Å². The number of fused-ring (bicyclic) bond motifs is 1. The molecule has 168 valence electrons. The molecule has 6 N–H and O–H groups in total. The van der Waals surface area contributed by atoms with Gasteiger partial charge in [-0.25, -0.2) is 4.79 Å². The van der Waals surface area contributed by atoms with Gasteiger partial charge in [-0.1, -0.05) is 12.1 Å². The lowest BCUT2D eigenvalue weighted by atomic mass is 10.0. The number of benzene rings is 1. The topological polar surface area (TPSA) is 180 Å². The number of anilines is 1. The number of hydrogen-bond acceptors (Lipinski definition) is 6. The fourth-order valence-corrected chi connectivity index (χ4v) is 3.44. The Kier molecular flexibility index (Phi) is 6.57. The van der Waals surface area contributed by atoms with Crippen molar-refractivity contribution in [1.29, 1.82) is 0 Å². The molecule has 1 aromatic carbocycles. The largest absolute Gasteiger partial charge is 0.481 e. The molecule has 0 radical (unpaired) electrons. The van der Waals surface area contributed by atoms with Gasteiger partial charge >= 0.3 is 11.9 Å². The Bertz CT molecular complexity index is 1230. The molecule has 0 bridgehead atoms. The number of aryl methyl sites for hydroxylation is 3. The van der Waals surface area contributed by atoms with E-state index in [1.165, 1.54) is 0 Å². The highest BCUT2D eigenvalue weighted by Crippen LogP contribution is 2.18. The molecule has 1 atom stereocenters. The number of aromatic nitrogens is 3. The zero-order valence-corrected chi connectivity index (χ0v) is 17.3. The summed E-state index contributed by atoms with van der Waals surface area (Å²) in [6, 6.07) is 5.34. The molecule has 3 rings (SSSR count). The Morgan fingerprint density at radius 2 is 1.88 bits per heavy atom. The number of nitrogens with two attached hydrogens (primary N) is 1. The zero-order valence-electron chi connectivity index (χ0n) is 17.3. The molecule has 1 amide bonds. The summed E-state index contributed by atoms with van der Waals surface area (Å²) < 4.78 is 1.74. The summed E-state index contributed by atoms with van der Waals surface area (Å²) in [6.07, 6.45) is 2.42. The smallest absolute Gasteiger partial charge is 0.326 e. The summed E-state index contributed by atoms with van der Waals surface area (Å²) in [5.74, 6) is -2.98. The molecule has 3 aromatic rings. The first-order valence-electron chi connectivity index (χ1n) is 9.83. The van der Waals surface area contributed by atoms with Gasteiger partial charge in [0.05, 0.1) is 5.39 Å². The number of carbonyl (C=O) groups is 3. The number of rotatable bonds is 9. The van der Waals surface area contributed by atoms with Crippen molar-refractivity contribution in [3.8, 4) is 0 Å². The highest BCUT2D eigenvalue weighted by atomic mass is 16.4. The van der Waals surface area contributed by atoms with Gasteiger partial charge in [0, 0.05) is 25.2 Å². The highest BCUT2D eigenvalue weighted by Gasteiger charge is 2.21. The fraction of sp³-hybridized carbons (Fsp3) is 0.286. The Labute approximate surface area is 181 Å². The van der Waals surface area contributed by atoms with E-state index in [9.17, 15) is 24.3 Å². The van der Waals surface area contributed by atoms with Gasteiger partial charge < -0.3 is 25.8 Å². The summed E-state index contributed by atoms with van der Waals surface area (Å²) >= 11 is 0. The molecule has 0 fully saturated rings. The summed E-state index contributed by atoms with van der Waals surface area (Å²) in [5, 5.41) is 20.7. The van der Waals surface area contributed by atoms with Gasteiger partial charge in [-0.05, 0) is 42.5 Å². The Balaban J connectivity index is 1.67. The maximum atomic E-state index is 12.3.